The fourth-order valence-electron chi connectivity index (χ4n) is 2.94. The highest BCUT2D eigenvalue weighted by molar-refractivity contribution is 5.94. The molecule has 1 aliphatic rings. The molecule has 1 aliphatic heterocycles. The van der Waals surface area contributed by atoms with E-state index in [1.165, 1.54) is 0 Å². The lowest BCUT2D eigenvalue weighted by Crippen LogP contribution is -2.51. The number of hydrogen-bond acceptors (Lipinski definition) is 5. The maximum absolute atomic E-state index is 12.3. The molecule has 0 spiro atoms. The maximum atomic E-state index is 12.3. The van der Waals surface area contributed by atoms with Crippen molar-refractivity contribution in [1.82, 2.24) is 15.5 Å². The summed E-state index contributed by atoms with van der Waals surface area (Å²) in [5, 5.41) is 5.46. The first-order valence-electron chi connectivity index (χ1n) is 8.74. The molecule has 2 rings (SSSR count). The van der Waals surface area contributed by atoms with E-state index in [0.29, 0.717) is 31.0 Å². The van der Waals surface area contributed by atoms with Gasteiger partial charge in [0.15, 0.2) is 0 Å². The van der Waals surface area contributed by atoms with Crippen molar-refractivity contribution in [1.29, 1.82) is 0 Å². The predicted molar refractivity (Wildman–Crippen MR) is 102 cm³/mol. The Morgan fingerprint density at radius 1 is 1.15 bits per heavy atom. The van der Waals surface area contributed by atoms with Crippen molar-refractivity contribution in [2.45, 2.75) is 26.4 Å². The lowest BCUT2D eigenvalue weighted by molar-refractivity contribution is -0.139. The van der Waals surface area contributed by atoms with Crippen LogP contribution in [0.15, 0.2) is 35.5 Å². The molecule has 1 aromatic carbocycles. The Morgan fingerprint density at radius 3 is 2.38 bits per heavy atom. The zero-order chi connectivity index (χ0) is 19.3. The van der Waals surface area contributed by atoms with Crippen LogP contribution < -0.4 is 15.5 Å². The SMILES string of the molecule is CCOC(=O)C1=C(CN(C)Cc2ccc(N(C)C)cc2)NC(=O)N[C@H]1C. The number of nitrogens with zero attached hydrogens (tertiary/aromatic N) is 2. The van der Waals surface area contributed by atoms with Crippen molar-refractivity contribution in [2.24, 2.45) is 0 Å². The van der Waals surface area contributed by atoms with Gasteiger partial charge in [0.1, 0.15) is 0 Å². The highest BCUT2D eigenvalue weighted by atomic mass is 16.5. The first-order chi connectivity index (χ1) is 12.3. The van der Waals surface area contributed by atoms with E-state index < -0.39 is 5.97 Å². The first-order valence-corrected chi connectivity index (χ1v) is 8.74. The Hall–Kier alpha value is -2.54. The molecule has 1 heterocycles. The second-order valence-electron chi connectivity index (χ2n) is 6.67. The first kappa shape index (κ1) is 19.8. The van der Waals surface area contributed by atoms with Crippen molar-refractivity contribution in [3.8, 4) is 0 Å². The summed E-state index contributed by atoms with van der Waals surface area (Å²) in [5.41, 5.74) is 3.36. The summed E-state index contributed by atoms with van der Waals surface area (Å²) in [6.07, 6.45) is 0. The third-order valence-electron chi connectivity index (χ3n) is 4.20. The van der Waals surface area contributed by atoms with Crippen LogP contribution in [-0.2, 0) is 16.1 Å². The van der Waals surface area contributed by atoms with Gasteiger partial charge < -0.3 is 20.3 Å². The number of esters is 1. The predicted octanol–water partition coefficient (Wildman–Crippen LogP) is 1.70. The molecule has 0 fully saturated rings. The molecule has 0 bridgehead atoms. The average Bonchev–Trinajstić information content (AvgIpc) is 2.54. The van der Waals surface area contributed by atoms with E-state index in [1.807, 2.05) is 21.1 Å². The summed E-state index contributed by atoms with van der Waals surface area (Å²) in [6, 6.07) is 7.61. The van der Waals surface area contributed by atoms with Crippen LogP contribution in [0.5, 0.6) is 0 Å². The second-order valence-corrected chi connectivity index (χ2v) is 6.67. The minimum atomic E-state index is -0.397. The molecule has 1 atom stereocenters. The minimum absolute atomic E-state index is 0.296. The van der Waals surface area contributed by atoms with Gasteiger partial charge in [0.25, 0.3) is 0 Å². The van der Waals surface area contributed by atoms with Gasteiger partial charge in [-0.1, -0.05) is 12.1 Å². The lowest BCUT2D eigenvalue weighted by atomic mass is 10.0. The highest BCUT2D eigenvalue weighted by Gasteiger charge is 2.30. The summed E-state index contributed by atoms with van der Waals surface area (Å²) < 4.78 is 5.14. The van der Waals surface area contributed by atoms with Crippen LogP contribution in [0.1, 0.15) is 19.4 Å². The fourth-order valence-corrected chi connectivity index (χ4v) is 2.94. The molecule has 0 unspecified atom stereocenters. The molecule has 7 nitrogen and oxygen atoms in total. The van der Waals surface area contributed by atoms with Crippen LogP contribution in [0, 0.1) is 0 Å². The molecule has 0 saturated heterocycles. The summed E-state index contributed by atoms with van der Waals surface area (Å²) in [4.78, 5) is 28.2. The average molecular weight is 360 g/mol. The minimum Gasteiger partial charge on any atom is -0.463 e. The van der Waals surface area contributed by atoms with Gasteiger partial charge in [-0.2, -0.15) is 0 Å². The summed E-state index contributed by atoms with van der Waals surface area (Å²) in [7, 11) is 5.96. The summed E-state index contributed by atoms with van der Waals surface area (Å²) in [5.74, 6) is -0.397. The maximum Gasteiger partial charge on any atom is 0.337 e. The smallest absolute Gasteiger partial charge is 0.337 e. The molecule has 0 radical (unpaired) electrons. The van der Waals surface area contributed by atoms with E-state index in [0.717, 1.165) is 11.3 Å². The number of rotatable bonds is 7. The Bertz CT molecular complexity index is 683. The van der Waals surface area contributed by atoms with Gasteiger partial charge in [0.05, 0.1) is 18.2 Å². The molecule has 0 saturated carbocycles. The number of likely N-dealkylation sites (N-methyl/N-ethyl adjacent to an activating group) is 1. The Morgan fingerprint density at radius 2 is 1.81 bits per heavy atom. The van der Waals surface area contributed by atoms with E-state index in [9.17, 15) is 9.59 Å². The molecule has 2 amide bonds. The Kier molecular flexibility index (Phi) is 6.63. The van der Waals surface area contributed by atoms with Crippen LogP contribution in [0.3, 0.4) is 0 Å². The number of hydrogen-bond donors (Lipinski definition) is 2. The molecule has 0 aromatic heterocycles. The third kappa shape index (κ3) is 4.98. The molecule has 142 valence electrons. The standard InChI is InChI=1S/C19H28N4O3/c1-6-26-18(24)17-13(2)20-19(25)21-16(17)12-23(5)11-14-7-9-15(10-8-14)22(3)4/h7-10,13H,6,11-12H2,1-5H3,(H2,20,21,25)/t13-/m0/s1. The zero-order valence-corrected chi connectivity index (χ0v) is 16.1. The van der Waals surface area contributed by atoms with Gasteiger partial charge in [-0.3, -0.25) is 4.90 Å². The largest absolute Gasteiger partial charge is 0.463 e. The van der Waals surface area contributed by atoms with E-state index in [-0.39, 0.29) is 12.1 Å². The van der Waals surface area contributed by atoms with Crippen molar-refractivity contribution in [3.05, 3.63) is 41.1 Å². The molecular weight excluding hydrogens is 332 g/mol. The number of carbonyl (C=O) groups is 2. The number of nitrogens with one attached hydrogen (secondary N) is 2. The van der Waals surface area contributed by atoms with Gasteiger partial charge in [0, 0.05) is 38.6 Å². The molecular formula is C19H28N4O3. The quantitative estimate of drug-likeness (QED) is 0.724. The number of benzene rings is 1. The van der Waals surface area contributed by atoms with Gasteiger partial charge in [-0.05, 0) is 38.6 Å². The monoisotopic (exact) mass is 360 g/mol. The molecule has 26 heavy (non-hydrogen) atoms. The number of urea groups is 1. The van der Waals surface area contributed by atoms with Crippen molar-refractivity contribution in [3.63, 3.8) is 0 Å². The van der Waals surface area contributed by atoms with E-state index in [2.05, 4.69) is 44.7 Å². The van der Waals surface area contributed by atoms with Gasteiger partial charge in [-0.25, -0.2) is 9.59 Å². The van der Waals surface area contributed by atoms with Crippen molar-refractivity contribution in [2.75, 3.05) is 39.2 Å². The highest BCUT2D eigenvalue weighted by Crippen LogP contribution is 2.17. The van der Waals surface area contributed by atoms with E-state index in [4.69, 9.17) is 4.74 Å². The summed E-state index contributed by atoms with van der Waals surface area (Å²) in [6.45, 7) is 4.99. The molecule has 0 aliphatic carbocycles. The Labute approximate surface area is 155 Å². The van der Waals surface area contributed by atoms with E-state index in [1.54, 1.807) is 13.8 Å². The number of amides is 2. The van der Waals surface area contributed by atoms with Gasteiger partial charge >= 0.3 is 12.0 Å². The topological polar surface area (TPSA) is 73.9 Å². The number of ether oxygens (including phenoxy) is 1. The second kappa shape index (κ2) is 8.71. The van der Waals surface area contributed by atoms with Crippen molar-refractivity contribution >= 4 is 17.7 Å². The van der Waals surface area contributed by atoms with E-state index >= 15 is 0 Å². The van der Waals surface area contributed by atoms with Crippen LogP contribution in [0.4, 0.5) is 10.5 Å². The van der Waals surface area contributed by atoms with Crippen molar-refractivity contribution < 1.29 is 14.3 Å². The van der Waals surface area contributed by atoms with Crippen LogP contribution in [0.25, 0.3) is 0 Å². The lowest BCUT2D eigenvalue weighted by Gasteiger charge is -2.29. The summed E-state index contributed by atoms with van der Waals surface area (Å²) >= 11 is 0. The molecule has 1 aromatic rings. The fraction of sp³-hybridized carbons (Fsp3) is 0.474. The molecule has 7 heteroatoms. The number of carbonyl (C=O) groups excluding carboxylic acids is 2. The van der Waals surface area contributed by atoms with Crippen LogP contribution >= 0.6 is 0 Å². The molecule has 2 N–H and O–H groups in total. The Balaban J connectivity index is 2.12. The normalized spacial score (nSPS) is 17.0. The van der Waals surface area contributed by atoms with Gasteiger partial charge in [-0.15, -0.1) is 0 Å². The number of anilines is 1. The van der Waals surface area contributed by atoms with Crippen LogP contribution in [0.2, 0.25) is 0 Å². The van der Waals surface area contributed by atoms with Gasteiger partial charge in [0.2, 0.25) is 0 Å². The van der Waals surface area contributed by atoms with Crippen LogP contribution in [-0.4, -0.2) is 57.2 Å². The third-order valence-corrected chi connectivity index (χ3v) is 4.20. The zero-order valence-electron chi connectivity index (χ0n) is 16.1.